The monoisotopic (exact) mass is 1170 g/mol. The highest BCUT2D eigenvalue weighted by Crippen LogP contribution is 2.14. The number of likely N-dealkylation sites (N-methyl/N-ethyl adjacent to an activating group) is 1. The predicted molar refractivity (Wildman–Crippen MR) is 361 cm³/mol. The van der Waals surface area contributed by atoms with Gasteiger partial charge in [0.2, 0.25) is 0 Å². The van der Waals surface area contributed by atoms with Crippen molar-refractivity contribution in [3.63, 3.8) is 0 Å². The van der Waals surface area contributed by atoms with Gasteiger partial charge in [-0.3, -0.25) is 9.59 Å². The van der Waals surface area contributed by atoms with Gasteiger partial charge < -0.3 is 33.3 Å². The van der Waals surface area contributed by atoms with Crippen LogP contribution in [0.3, 0.4) is 0 Å². The number of quaternary nitrogens is 1. The standard InChI is InChI=1S/C76H117NO8/c1-6-8-10-12-14-16-18-20-22-24-26-28-30-31-32-33-34-35-36-37-38-39-40-41-42-43-45-47-49-51-53-55-57-59-61-63-65-67-74(79)85-72(71-84-76(75(80)81)82-69-68-77(3,4)5)70-83-73(78)66-64-62-60-58-56-54-52-50-48-46-44-29-27-25-23-21-19-17-15-13-11-9-7-2/h8-11,14-17,20-23,26-29,31-32,34-35,37-38,40-41,43,45-46,48,52,54,58,60,72,76H,6-7,12-13,18-19,24-25,30,33,36,39,42,44,47,49-51,53,55-57,59,61-71H2,1-5H3/b10-8-,11-9-,16-14-,17-15-,22-20-,23-21-,28-26-,29-27-,32-31-,35-34-,38-37-,41-40-,45-43-,48-46-,54-52-,60-58-. The van der Waals surface area contributed by atoms with Gasteiger partial charge in [0.05, 0.1) is 40.3 Å². The number of carboxylic acid groups (broad SMARTS) is 1. The number of hydrogen-bond acceptors (Lipinski definition) is 8. The molecule has 0 aromatic rings. The van der Waals surface area contributed by atoms with Crippen LogP contribution in [0.2, 0.25) is 0 Å². The summed E-state index contributed by atoms with van der Waals surface area (Å²) in [5, 5.41) is 11.8. The summed E-state index contributed by atoms with van der Waals surface area (Å²) >= 11 is 0. The van der Waals surface area contributed by atoms with E-state index in [1.165, 1.54) is 32.1 Å². The van der Waals surface area contributed by atoms with Crippen molar-refractivity contribution in [2.45, 2.75) is 219 Å². The van der Waals surface area contributed by atoms with Crippen LogP contribution < -0.4 is 5.11 Å². The van der Waals surface area contributed by atoms with Gasteiger partial charge in [-0.05, 0) is 135 Å². The number of ether oxygens (including phenoxy) is 4. The number of rotatable bonds is 57. The van der Waals surface area contributed by atoms with Crippen LogP contribution in [0.15, 0.2) is 194 Å². The van der Waals surface area contributed by atoms with Crippen molar-refractivity contribution in [1.29, 1.82) is 0 Å². The van der Waals surface area contributed by atoms with E-state index in [9.17, 15) is 19.5 Å². The third-order valence-electron chi connectivity index (χ3n) is 12.8. The molecule has 0 rings (SSSR count). The molecule has 0 aromatic carbocycles. The molecule has 85 heavy (non-hydrogen) atoms. The first-order chi connectivity index (χ1) is 41.6. The number of aliphatic carboxylic acids is 1. The van der Waals surface area contributed by atoms with E-state index in [4.69, 9.17) is 18.9 Å². The van der Waals surface area contributed by atoms with E-state index in [1.54, 1.807) is 0 Å². The second kappa shape index (κ2) is 64.1. The van der Waals surface area contributed by atoms with Gasteiger partial charge in [0, 0.05) is 12.8 Å². The Morgan fingerprint density at radius 1 is 0.353 bits per heavy atom. The minimum absolute atomic E-state index is 0.126. The molecule has 0 saturated heterocycles. The lowest BCUT2D eigenvalue weighted by atomic mass is 10.1. The van der Waals surface area contributed by atoms with Gasteiger partial charge in [-0.25, -0.2) is 0 Å². The molecule has 0 spiro atoms. The number of allylic oxidation sites excluding steroid dienone is 32. The second-order valence-corrected chi connectivity index (χ2v) is 21.9. The third kappa shape index (κ3) is 65.5. The van der Waals surface area contributed by atoms with E-state index < -0.39 is 30.3 Å². The summed E-state index contributed by atoms with van der Waals surface area (Å²) in [6, 6.07) is 0. The second-order valence-electron chi connectivity index (χ2n) is 21.9. The average molecular weight is 1170 g/mol. The summed E-state index contributed by atoms with van der Waals surface area (Å²) in [4.78, 5) is 37.4. The lowest BCUT2D eigenvalue weighted by Crippen LogP contribution is -2.44. The molecule has 0 aromatic heterocycles. The van der Waals surface area contributed by atoms with Crippen LogP contribution in [0, 0.1) is 0 Å². The Kier molecular flexibility index (Phi) is 59.7. The predicted octanol–water partition coefficient (Wildman–Crippen LogP) is 18.9. The molecule has 0 saturated carbocycles. The number of esters is 2. The zero-order chi connectivity index (χ0) is 61.9. The van der Waals surface area contributed by atoms with Gasteiger partial charge in [0.1, 0.15) is 13.2 Å². The Morgan fingerprint density at radius 2 is 0.647 bits per heavy atom. The summed E-state index contributed by atoms with van der Waals surface area (Å²) in [6.07, 6.45) is 96.4. The van der Waals surface area contributed by atoms with Crippen LogP contribution in [0.5, 0.6) is 0 Å². The summed E-state index contributed by atoms with van der Waals surface area (Å²) in [5.74, 6) is -2.40. The van der Waals surface area contributed by atoms with E-state index in [-0.39, 0.29) is 32.7 Å². The Bertz CT molecular complexity index is 2090. The molecule has 0 aliphatic rings. The minimum atomic E-state index is -1.65. The summed E-state index contributed by atoms with van der Waals surface area (Å²) < 4.78 is 22.7. The average Bonchev–Trinajstić information content (AvgIpc) is 3.48. The summed E-state index contributed by atoms with van der Waals surface area (Å²) in [7, 11) is 5.89. The van der Waals surface area contributed by atoms with Crippen LogP contribution in [0.1, 0.15) is 206 Å². The molecule has 0 fully saturated rings. The molecule has 0 N–H and O–H groups in total. The first-order valence-electron chi connectivity index (χ1n) is 32.6. The van der Waals surface area contributed by atoms with Crippen molar-refractivity contribution in [3.05, 3.63) is 194 Å². The molecule has 2 unspecified atom stereocenters. The lowest BCUT2D eigenvalue weighted by Gasteiger charge is -2.26. The molecule has 0 radical (unpaired) electrons. The number of carboxylic acids is 1. The Balaban J connectivity index is 4.31. The van der Waals surface area contributed by atoms with Gasteiger partial charge >= 0.3 is 11.9 Å². The van der Waals surface area contributed by atoms with Crippen molar-refractivity contribution >= 4 is 17.9 Å². The third-order valence-corrected chi connectivity index (χ3v) is 12.8. The zero-order valence-electron chi connectivity index (χ0n) is 53.9. The minimum Gasteiger partial charge on any atom is -0.545 e. The summed E-state index contributed by atoms with van der Waals surface area (Å²) in [5.41, 5.74) is 0. The van der Waals surface area contributed by atoms with E-state index in [0.29, 0.717) is 23.9 Å². The molecule has 9 heteroatoms. The van der Waals surface area contributed by atoms with Crippen LogP contribution in [-0.2, 0) is 33.3 Å². The van der Waals surface area contributed by atoms with Crippen molar-refractivity contribution in [3.8, 4) is 0 Å². The van der Waals surface area contributed by atoms with Crippen molar-refractivity contribution < 1.29 is 42.9 Å². The lowest BCUT2D eigenvalue weighted by molar-refractivity contribution is -0.870. The maximum absolute atomic E-state index is 12.9. The highest BCUT2D eigenvalue weighted by molar-refractivity contribution is 5.70. The van der Waals surface area contributed by atoms with Gasteiger partial charge in [-0.15, -0.1) is 0 Å². The van der Waals surface area contributed by atoms with Crippen LogP contribution in [0.25, 0.3) is 0 Å². The Labute approximate surface area is 519 Å². The fourth-order valence-corrected chi connectivity index (χ4v) is 7.93. The molecule has 9 nitrogen and oxygen atoms in total. The smallest absolute Gasteiger partial charge is 0.306 e. The number of carbonyl (C=O) groups excluding carboxylic acids is 3. The Hall–Kier alpha value is -5.87. The van der Waals surface area contributed by atoms with Gasteiger partial charge in [-0.2, -0.15) is 0 Å². The van der Waals surface area contributed by atoms with Crippen molar-refractivity contribution in [2.75, 3.05) is 47.5 Å². The first-order valence-corrected chi connectivity index (χ1v) is 32.6. The molecule has 0 aliphatic carbocycles. The van der Waals surface area contributed by atoms with Crippen molar-refractivity contribution in [1.82, 2.24) is 0 Å². The molecule has 2 atom stereocenters. The molecular weight excluding hydrogens is 1050 g/mol. The SMILES string of the molecule is CC/C=C\C/C=C\C/C=C\C/C=C\C/C=C\C/C=C\C/C=C\C/C=C\C/C=C\CCCCCCCCCCCC(=O)OC(COC(=O)CCC/C=C\C/C=C\C/C=C\C/C=C\C/C=C\C/C=C\C/C=C\CC)COC(OCC[N+](C)(C)C)C(=O)[O-]. The normalized spacial score (nSPS) is 14.0. The number of nitrogens with zero attached hydrogens (tertiary/aromatic N) is 1. The van der Waals surface area contributed by atoms with E-state index in [2.05, 4.69) is 208 Å². The highest BCUT2D eigenvalue weighted by Gasteiger charge is 2.22. The number of carbonyl (C=O) groups is 3. The van der Waals surface area contributed by atoms with Crippen LogP contribution in [0.4, 0.5) is 0 Å². The maximum atomic E-state index is 12.9. The Morgan fingerprint density at radius 3 is 0.976 bits per heavy atom. The quantitative estimate of drug-likeness (QED) is 0.0195. The molecule has 0 aliphatic heterocycles. The topological polar surface area (TPSA) is 111 Å². The number of unbranched alkanes of at least 4 members (excludes halogenated alkanes) is 10. The summed E-state index contributed by atoms with van der Waals surface area (Å²) in [6.45, 7) is 4.41. The van der Waals surface area contributed by atoms with E-state index >= 15 is 0 Å². The van der Waals surface area contributed by atoms with Gasteiger partial charge in [0.15, 0.2) is 12.4 Å². The first kappa shape index (κ1) is 79.1. The van der Waals surface area contributed by atoms with Crippen LogP contribution in [-0.4, -0.2) is 82.3 Å². The molecule has 0 bridgehead atoms. The number of hydrogen-bond donors (Lipinski definition) is 0. The maximum Gasteiger partial charge on any atom is 0.306 e. The fraction of sp³-hybridized carbons (Fsp3) is 0.539. The fourth-order valence-electron chi connectivity index (χ4n) is 7.93. The molecule has 0 amide bonds. The van der Waals surface area contributed by atoms with Gasteiger partial charge in [0.25, 0.3) is 0 Å². The van der Waals surface area contributed by atoms with E-state index in [0.717, 1.165) is 135 Å². The van der Waals surface area contributed by atoms with E-state index in [1.807, 2.05) is 21.1 Å². The van der Waals surface area contributed by atoms with Gasteiger partial charge in [-0.1, -0.05) is 253 Å². The molecule has 0 heterocycles. The van der Waals surface area contributed by atoms with Crippen LogP contribution >= 0.6 is 0 Å². The largest absolute Gasteiger partial charge is 0.545 e. The highest BCUT2D eigenvalue weighted by atomic mass is 16.7. The van der Waals surface area contributed by atoms with Crippen molar-refractivity contribution in [2.24, 2.45) is 0 Å². The molecular formula is C76H117NO8. The molecule has 474 valence electrons. The zero-order valence-corrected chi connectivity index (χ0v) is 53.9.